The molecule has 0 bridgehead atoms. The Morgan fingerprint density at radius 1 is 1.33 bits per heavy atom. The van der Waals surface area contributed by atoms with Crippen molar-refractivity contribution in [1.82, 2.24) is 10.2 Å². The van der Waals surface area contributed by atoms with Crippen molar-refractivity contribution in [3.05, 3.63) is 39.9 Å². The first-order chi connectivity index (χ1) is 8.75. The van der Waals surface area contributed by atoms with Crippen molar-refractivity contribution in [3.8, 4) is 0 Å². The Balaban J connectivity index is 1.72. The summed E-state index contributed by atoms with van der Waals surface area (Å²) in [5.74, 6) is 0. The standard InChI is InChI=1S/C13H19N3O2/c17-16(18)13-5-3-4-12(10-13)11-14-6-9-15-7-1-2-8-15/h3-5,10,14H,1-2,6-9,11H2. The zero-order chi connectivity index (χ0) is 12.8. The van der Waals surface area contributed by atoms with Gasteiger partial charge in [0.15, 0.2) is 0 Å². The van der Waals surface area contributed by atoms with E-state index in [9.17, 15) is 10.1 Å². The third-order valence-electron chi connectivity index (χ3n) is 3.25. The van der Waals surface area contributed by atoms with Gasteiger partial charge in [-0.15, -0.1) is 0 Å². The van der Waals surface area contributed by atoms with Gasteiger partial charge in [-0.05, 0) is 31.5 Å². The van der Waals surface area contributed by atoms with Gasteiger partial charge >= 0.3 is 0 Å². The summed E-state index contributed by atoms with van der Waals surface area (Å²) < 4.78 is 0. The lowest BCUT2D eigenvalue weighted by Gasteiger charge is -2.14. The summed E-state index contributed by atoms with van der Waals surface area (Å²) in [7, 11) is 0. The largest absolute Gasteiger partial charge is 0.311 e. The summed E-state index contributed by atoms with van der Waals surface area (Å²) in [5.41, 5.74) is 1.12. The maximum Gasteiger partial charge on any atom is 0.269 e. The topological polar surface area (TPSA) is 58.4 Å². The Morgan fingerprint density at radius 2 is 2.11 bits per heavy atom. The fourth-order valence-electron chi connectivity index (χ4n) is 2.26. The molecule has 0 radical (unpaired) electrons. The zero-order valence-electron chi connectivity index (χ0n) is 10.5. The molecule has 1 aliphatic rings. The molecule has 0 spiro atoms. The summed E-state index contributed by atoms with van der Waals surface area (Å²) in [6.45, 7) is 5.10. The van der Waals surface area contributed by atoms with Crippen LogP contribution in [0.15, 0.2) is 24.3 Å². The molecule has 1 fully saturated rings. The molecule has 0 amide bonds. The predicted octanol–water partition coefficient (Wildman–Crippen LogP) is 1.78. The molecule has 1 heterocycles. The van der Waals surface area contributed by atoms with Gasteiger partial charge in [0.25, 0.3) is 5.69 Å². The Bertz CT molecular complexity index is 403. The number of non-ortho nitro benzene ring substituents is 1. The van der Waals surface area contributed by atoms with Gasteiger partial charge in [0, 0.05) is 31.8 Å². The SMILES string of the molecule is O=[N+]([O-])c1cccc(CNCCN2CCCC2)c1. The number of nitrogens with one attached hydrogen (secondary N) is 1. The average Bonchev–Trinajstić information content (AvgIpc) is 2.88. The van der Waals surface area contributed by atoms with E-state index in [4.69, 9.17) is 0 Å². The van der Waals surface area contributed by atoms with Crippen LogP contribution in [0.5, 0.6) is 0 Å². The van der Waals surface area contributed by atoms with Crippen LogP contribution in [0, 0.1) is 10.1 Å². The molecule has 98 valence electrons. The first kappa shape index (κ1) is 13.0. The van der Waals surface area contributed by atoms with E-state index in [0.29, 0.717) is 6.54 Å². The van der Waals surface area contributed by atoms with Crippen molar-refractivity contribution in [2.75, 3.05) is 26.2 Å². The minimum absolute atomic E-state index is 0.161. The quantitative estimate of drug-likeness (QED) is 0.474. The van der Waals surface area contributed by atoms with Crippen LogP contribution in [-0.2, 0) is 6.54 Å². The summed E-state index contributed by atoms with van der Waals surface area (Å²) in [6, 6.07) is 6.79. The van der Waals surface area contributed by atoms with E-state index < -0.39 is 0 Å². The highest BCUT2D eigenvalue weighted by Gasteiger charge is 2.10. The number of rotatable bonds is 6. The lowest BCUT2D eigenvalue weighted by molar-refractivity contribution is -0.384. The lowest BCUT2D eigenvalue weighted by atomic mass is 10.2. The molecule has 5 heteroatoms. The summed E-state index contributed by atoms with van der Waals surface area (Å²) in [5, 5.41) is 14.0. The Labute approximate surface area is 107 Å². The third kappa shape index (κ3) is 3.78. The van der Waals surface area contributed by atoms with Crippen LogP contribution in [-0.4, -0.2) is 36.0 Å². The molecule has 5 nitrogen and oxygen atoms in total. The molecule has 1 aromatic carbocycles. The Morgan fingerprint density at radius 3 is 2.83 bits per heavy atom. The van der Waals surface area contributed by atoms with Gasteiger partial charge in [0.2, 0.25) is 0 Å². The molecule has 0 atom stereocenters. The number of hydrogen-bond acceptors (Lipinski definition) is 4. The monoisotopic (exact) mass is 249 g/mol. The van der Waals surface area contributed by atoms with Crippen LogP contribution >= 0.6 is 0 Å². The van der Waals surface area contributed by atoms with E-state index in [-0.39, 0.29) is 10.6 Å². The molecule has 0 saturated carbocycles. The van der Waals surface area contributed by atoms with E-state index in [0.717, 1.165) is 18.7 Å². The molecule has 1 aromatic rings. The summed E-state index contributed by atoms with van der Waals surface area (Å²) in [4.78, 5) is 12.7. The third-order valence-corrected chi connectivity index (χ3v) is 3.25. The lowest BCUT2D eigenvalue weighted by Crippen LogP contribution is -2.29. The van der Waals surface area contributed by atoms with E-state index in [1.807, 2.05) is 6.07 Å². The van der Waals surface area contributed by atoms with E-state index >= 15 is 0 Å². The smallest absolute Gasteiger partial charge is 0.269 e. The molecule has 0 aromatic heterocycles. The second kappa shape index (κ2) is 6.47. The van der Waals surface area contributed by atoms with Gasteiger partial charge in [0.05, 0.1) is 4.92 Å². The van der Waals surface area contributed by atoms with Crippen molar-refractivity contribution in [2.45, 2.75) is 19.4 Å². The highest BCUT2D eigenvalue weighted by molar-refractivity contribution is 5.34. The number of nitro benzene ring substituents is 1. The van der Waals surface area contributed by atoms with Gasteiger partial charge in [-0.25, -0.2) is 0 Å². The van der Waals surface area contributed by atoms with Crippen molar-refractivity contribution in [1.29, 1.82) is 0 Å². The number of benzene rings is 1. The van der Waals surface area contributed by atoms with Crippen molar-refractivity contribution < 1.29 is 4.92 Å². The molecule has 18 heavy (non-hydrogen) atoms. The number of likely N-dealkylation sites (tertiary alicyclic amines) is 1. The van der Waals surface area contributed by atoms with Gasteiger partial charge in [-0.3, -0.25) is 10.1 Å². The molecular weight excluding hydrogens is 230 g/mol. The highest BCUT2D eigenvalue weighted by atomic mass is 16.6. The number of nitrogens with zero attached hydrogens (tertiary/aromatic N) is 2. The zero-order valence-corrected chi connectivity index (χ0v) is 10.5. The first-order valence-corrected chi connectivity index (χ1v) is 6.42. The number of nitro groups is 1. The molecule has 1 saturated heterocycles. The predicted molar refractivity (Wildman–Crippen MR) is 70.5 cm³/mol. The van der Waals surface area contributed by atoms with E-state index in [1.165, 1.54) is 32.0 Å². The van der Waals surface area contributed by atoms with Crippen molar-refractivity contribution >= 4 is 5.69 Å². The number of hydrogen-bond donors (Lipinski definition) is 1. The summed E-state index contributed by atoms with van der Waals surface area (Å²) >= 11 is 0. The van der Waals surface area contributed by atoms with Gasteiger partial charge in [-0.2, -0.15) is 0 Å². The van der Waals surface area contributed by atoms with Gasteiger partial charge in [-0.1, -0.05) is 12.1 Å². The van der Waals surface area contributed by atoms with Crippen LogP contribution < -0.4 is 5.32 Å². The van der Waals surface area contributed by atoms with Gasteiger partial charge in [0.1, 0.15) is 0 Å². The molecule has 0 aliphatic carbocycles. The van der Waals surface area contributed by atoms with Crippen LogP contribution in [0.25, 0.3) is 0 Å². The van der Waals surface area contributed by atoms with Crippen LogP contribution in [0.3, 0.4) is 0 Å². The minimum atomic E-state index is -0.353. The molecule has 0 unspecified atom stereocenters. The second-order valence-corrected chi connectivity index (χ2v) is 4.65. The van der Waals surface area contributed by atoms with Crippen molar-refractivity contribution in [2.24, 2.45) is 0 Å². The van der Waals surface area contributed by atoms with Crippen LogP contribution in [0.4, 0.5) is 5.69 Å². The Hall–Kier alpha value is -1.46. The normalized spacial score (nSPS) is 16.0. The van der Waals surface area contributed by atoms with E-state index in [1.54, 1.807) is 12.1 Å². The molecule has 1 aliphatic heterocycles. The van der Waals surface area contributed by atoms with Gasteiger partial charge < -0.3 is 10.2 Å². The average molecular weight is 249 g/mol. The second-order valence-electron chi connectivity index (χ2n) is 4.65. The van der Waals surface area contributed by atoms with Crippen LogP contribution in [0.1, 0.15) is 18.4 Å². The molecular formula is C13H19N3O2. The fraction of sp³-hybridized carbons (Fsp3) is 0.538. The maximum atomic E-state index is 10.6. The fourth-order valence-corrected chi connectivity index (χ4v) is 2.26. The minimum Gasteiger partial charge on any atom is -0.311 e. The first-order valence-electron chi connectivity index (χ1n) is 6.42. The van der Waals surface area contributed by atoms with Crippen molar-refractivity contribution in [3.63, 3.8) is 0 Å². The van der Waals surface area contributed by atoms with E-state index in [2.05, 4.69) is 10.2 Å². The molecule has 2 rings (SSSR count). The summed E-state index contributed by atoms with van der Waals surface area (Å²) in [6.07, 6.45) is 2.62. The Kier molecular flexibility index (Phi) is 4.66. The highest BCUT2D eigenvalue weighted by Crippen LogP contribution is 2.12. The van der Waals surface area contributed by atoms with Crippen LogP contribution in [0.2, 0.25) is 0 Å². The molecule has 1 N–H and O–H groups in total. The maximum absolute atomic E-state index is 10.6.